The van der Waals surface area contributed by atoms with Gasteiger partial charge in [0.2, 0.25) is 5.91 Å². The highest BCUT2D eigenvalue weighted by Crippen LogP contribution is 2.00. The first-order valence-electron chi connectivity index (χ1n) is 6.93. The largest absolute Gasteiger partial charge is 0.454 e. The predicted molar refractivity (Wildman–Crippen MR) is 85.9 cm³/mol. The van der Waals surface area contributed by atoms with Gasteiger partial charge in [0, 0.05) is 6.08 Å². The number of esters is 1. The second-order valence-corrected chi connectivity index (χ2v) is 4.56. The van der Waals surface area contributed by atoms with Crippen LogP contribution in [0.3, 0.4) is 0 Å². The molecule has 0 unspecified atom stereocenters. The number of amides is 2. The molecule has 0 aliphatic carbocycles. The van der Waals surface area contributed by atoms with Crippen LogP contribution in [0.2, 0.25) is 0 Å². The quantitative estimate of drug-likeness (QED) is 0.436. The fourth-order valence-electron chi connectivity index (χ4n) is 1.52. The number of carbonyl (C=O) groups is 3. The molecule has 0 aromatic heterocycles. The highest BCUT2D eigenvalue weighted by atomic mass is 16.5. The van der Waals surface area contributed by atoms with Crippen molar-refractivity contribution < 1.29 is 19.1 Å². The smallest absolute Gasteiger partial charge is 0.328 e. The van der Waals surface area contributed by atoms with Crippen molar-refractivity contribution in [1.82, 2.24) is 10.6 Å². The highest BCUT2D eigenvalue weighted by molar-refractivity contribution is 5.94. The lowest BCUT2D eigenvalue weighted by Crippen LogP contribution is -2.40. The van der Waals surface area contributed by atoms with Gasteiger partial charge in [0.1, 0.15) is 6.04 Å². The van der Waals surface area contributed by atoms with Crippen molar-refractivity contribution in [2.75, 3.05) is 13.2 Å². The number of terminal acetylenes is 1. The van der Waals surface area contributed by atoms with Gasteiger partial charge in [0.05, 0.1) is 6.54 Å². The van der Waals surface area contributed by atoms with E-state index in [0.717, 1.165) is 5.56 Å². The molecule has 0 bridgehead atoms. The molecule has 0 heterocycles. The van der Waals surface area contributed by atoms with Crippen LogP contribution in [0.1, 0.15) is 12.5 Å². The summed E-state index contributed by atoms with van der Waals surface area (Å²) in [5.41, 5.74) is 0.864. The second kappa shape index (κ2) is 9.79. The van der Waals surface area contributed by atoms with E-state index >= 15 is 0 Å². The van der Waals surface area contributed by atoms with Gasteiger partial charge >= 0.3 is 5.97 Å². The van der Waals surface area contributed by atoms with E-state index in [0.29, 0.717) is 0 Å². The summed E-state index contributed by atoms with van der Waals surface area (Å²) in [5, 5.41) is 4.81. The molecule has 1 rings (SSSR count). The molecule has 0 spiro atoms. The van der Waals surface area contributed by atoms with Gasteiger partial charge in [-0.1, -0.05) is 36.3 Å². The molecule has 2 amide bonds. The van der Waals surface area contributed by atoms with Crippen molar-refractivity contribution in [2.24, 2.45) is 0 Å². The van der Waals surface area contributed by atoms with Crippen molar-refractivity contribution in [3.05, 3.63) is 42.0 Å². The Morgan fingerprint density at radius 2 is 2.00 bits per heavy atom. The van der Waals surface area contributed by atoms with Crippen LogP contribution in [0.15, 0.2) is 36.4 Å². The van der Waals surface area contributed by atoms with Crippen LogP contribution in [-0.4, -0.2) is 37.0 Å². The van der Waals surface area contributed by atoms with Crippen molar-refractivity contribution in [3.8, 4) is 12.3 Å². The van der Waals surface area contributed by atoms with Crippen LogP contribution in [0.4, 0.5) is 0 Å². The monoisotopic (exact) mass is 314 g/mol. The molecule has 120 valence electrons. The number of nitrogens with one attached hydrogen (secondary N) is 2. The third kappa shape index (κ3) is 7.48. The molecule has 0 radical (unpaired) electrons. The van der Waals surface area contributed by atoms with Gasteiger partial charge in [-0.3, -0.25) is 9.59 Å². The van der Waals surface area contributed by atoms with Gasteiger partial charge in [-0.05, 0) is 18.6 Å². The zero-order valence-electron chi connectivity index (χ0n) is 12.7. The van der Waals surface area contributed by atoms with Crippen molar-refractivity contribution in [2.45, 2.75) is 13.0 Å². The first-order valence-corrected chi connectivity index (χ1v) is 6.93. The molecule has 23 heavy (non-hydrogen) atoms. The first-order chi connectivity index (χ1) is 11.0. The third-order valence-corrected chi connectivity index (χ3v) is 2.67. The van der Waals surface area contributed by atoms with E-state index in [1.165, 1.54) is 13.0 Å². The fourth-order valence-corrected chi connectivity index (χ4v) is 1.52. The molecular weight excluding hydrogens is 296 g/mol. The third-order valence-electron chi connectivity index (χ3n) is 2.67. The van der Waals surface area contributed by atoms with Crippen LogP contribution < -0.4 is 10.6 Å². The number of hydrogen-bond donors (Lipinski definition) is 2. The summed E-state index contributed by atoms with van der Waals surface area (Å²) in [6.07, 6.45) is 7.92. The van der Waals surface area contributed by atoms with Crippen LogP contribution >= 0.6 is 0 Å². The van der Waals surface area contributed by atoms with E-state index in [1.54, 1.807) is 6.08 Å². The van der Waals surface area contributed by atoms with Gasteiger partial charge in [0.25, 0.3) is 5.91 Å². The standard InChI is InChI=1S/C17H18N2O4/c1-3-11-18-16(21)12-23-17(22)13(2)19-15(20)10-9-14-7-5-4-6-8-14/h1,4-10,13H,11-12H2,2H3,(H,18,21)(H,19,20)/b10-9+/t13-/m0/s1. The summed E-state index contributed by atoms with van der Waals surface area (Å²) in [7, 11) is 0. The first kappa shape index (κ1) is 18.0. The molecule has 2 N–H and O–H groups in total. The lowest BCUT2D eigenvalue weighted by Gasteiger charge is -2.11. The average Bonchev–Trinajstić information content (AvgIpc) is 2.56. The summed E-state index contributed by atoms with van der Waals surface area (Å²) >= 11 is 0. The van der Waals surface area contributed by atoms with Gasteiger partial charge in [-0.15, -0.1) is 6.42 Å². The zero-order chi connectivity index (χ0) is 17.1. The summed E-state index contributed by atoms with van der Waals surface area (Å²) in [6.45, 7) is 1.09. The molecule has 0 saturated heterocycles. The topological polar surface area (TPSA) is 84.5 Å². The van der Waals surface area contributed by atoms with Crippen LogP contribution in [-0.2, 0) is 19.1 Å². The molecule has 0 aliphatic heterocycles. The lowest BCUT2D eigenvalue weighted by atomic mass is 10.2. The number of ether oxygens (including phenoxy) is 1. The molecule has 0 saturated carbocycles. The van der Waals surface area contributed by atoms with E-state index < -0.39 is 30.4 Å². The molecule has 6 heteroatoms. The Bertz CT molecular complexity index is 617. The summed E-state index contributed by atoms with van der Waals surface area (Å²) in [6, 6.07) is 8.39. The minimum absolute atomic E-state index is 0.0625. The van der Waals surface area contributed by atoms with E-state index in [9.17, 15) is 14.4 Å². The Morgan fingerprint density at radius 1 is 1.30 bits per heavy atom. The minimum Gasteiger partial charge on any atom is -0.454 e. The van der Waals surface area contributed by atoms with E-state index in [1.807, 2.05) is 30.3 Å². The number of hydrogen-bond acceptors (Lipinski definition) is 4. The van der Waals surface area contributed by atoms with Crippen LogP contribution in [0.5, 0.6) is 0 Å². The number of rotatable bonds is 7. The van der Waals surface area contributed by atoms with Crippen molar-refractivity contribution in [3.63, 3.8) is 0 Å². The molecule has 6 nitrogen and oxygen atoms in total. The van der Waals surface area contributed by atoms with E-state index in [4.69, 9.17) is 11.2 Å². The zero-order valence-corrected chi connectivity index (χ0v) is 12.7. The maximum atomic E-state index is 11.7. The molecule has 1 aromatic rings. The summed E-state index contributed by atoms with van der Waals surface area (Å²) < 4.78 is 4.77. The Morgan fingerprint density at radius 3 is 2.65 bits per heavy atom. The predicted octanol–water partition coefficient (Wildman–Crippen LogP) is 0.497. The van der Waals surface area contributed by atoms with Crippen molar-refractivity contribution in [1.29, 1.82) is 0 Å². The van der Waals surface area contributed by atoms with Gasteiger partial charge in [0.15, 0.2) is 6.61 Å². The Labute approximate surface area is 134 Å². The Hall–Kier alpha value is -3.07. The fraction of sp³-hybridized carbons (Fsp3) is 0.235. The summed E-state index contributed by atoms with van der Waals surface area (Å²) in [4.78, 5) is 34.6. The van der Waals surface area contributed by atoms with Gasteiger partial charge < -0.3 is 15.4 Å². The van der Waals surface area contributed by atoms with Gasteiger partial charge in [-0.2, -0.15) is 0 Å². The molecule has 0 aliphatic rings. The van der Waals surface area contributed by atoms with Crippen LogP contribution in [0.25, 0.3) is 6.08 Å². The van der Waals surface area contributed by atoms with Crippen LogP contribution in [0, 0.1) is 12.3 Å². The molecular formula is C17H18N2O4. The number of benzene rings is 1. The molecule has 1 aromatic carbocycles. The SMILES string of the molecule is C#CCNC(=O)COC(=O)[C@H](C)NC(=O)/C=C/c1ccccc1. The molecule has 1 atom stereocenters. The minimum atomic E-state index is -0.872. The van der Waals surface area contributed by atoms with E-state index in [-0.39, 0.29) is 6.54 Å². The maximum absolute atomic E-state index is 11.7. The number of carbonyl (C=O) groups excluding carboxylic acids is 3. The van der Waals surface area contributed by atoms with Crippen molar-refractivity contribution >= 4 is 23.9 Å². The van der Waals surface area contributed by atoms with Gasteiger partial charge in [-0.25, -0.2) is 4.79 Å². The Kier molecular flexibility index (Phi) is 7.65. The second-order valence-electron chi connectivity index (χ2n) is 4.56. The summed E-state index contributed by atoms with van der Waals surface area (Å²) in [5.74, 6) is 0.583. The highest BCUT2D eigenvalue weighted by Gasteiger charge is 2.17. The van der Waals surface area contributed by atoms with E-state index in [2.05, 4.69) is 16.6 Å². The lowest BCUT2D eigenvalue weighted by molar-refractivity contribution is -0.150. The normalized spacial score (nSPS) is 11.3. The average molecular weight is 314 g/mol. The molecule has 0 fully saturated rings. The Balaban J connectivity index is 2.37. The maximum Gasteiger partial charge on any atom is 0.328 e.